The number of benzene rings is 2. The standard InChI is InChI=1S/C28H34N2O4/c1-33-23-8-6-22(7-9-23)28(10-11-28)26(32)30-17-14-27(20-30)12-15-29(16-13-27)25(31)19-21-4-3-5-24(18-21)34-2/h3-9,18H,10-17,19-20H2,1-2H3. The summed E-state index contributed by atoms with van der Waals surface area (Å²) in [7, 11) is 3.30. The van der Waals surface area contributed by atoms with Crippen LogP contribution in [0.25, 0.3) is 0 Å². The highest BCUT2D eigenvalue weighted by atomic mass is 16.5. The highest BCUT2D eigenvalue weighted by Crippen LogP contribution is 2.51. The molecular formula is C28H34N2O4. The Hall–Kier alpha value is -3.02. The zero-order valence-electron chi connectivity index (χ0n) is 20.2. The number of rotatable bonds is 6. The topological polar surface area (TPSA) is 59.1 Å². The van der Waals surface area contributed by atoms with Crippen LogP contribution in [0, 0.1) is 5.41 Å². The van der Waals surface area contributed by atoms with Crippen LogP contribution >= 0.6 is 0 Å². The van der Waals surface area contributed by atoms with E-state index in [4.69, 9.17) is 9.47 Å². The lowest BCUT2D eigenvalue weighted by molar-refractivity contribution is -0.135. The number of methoxy groups -OCH3 is 2. The van der Waals surface area contributed by atoms with Gasteiger partial charge < -0.3 is 19.3 Å². The summed E-state index contributed by atoms with van der Waals surface area (Å²) in [5.74, 6) is 2.05. The van der Waals surface area contributed by atoms with Gasteiger partial charge in [-0.3, -0.25) is 9.59 Å². The maximum atomic E-state index is 13.6. The molecule has 3 aliphatic rings. The van der Waals surface area contributed by atoms with Crippen LogP contribution in [0.5, 0.6) is 11.5 Å². The van der Waals surface area contributed by atoms with Crippen LogP contribution in [0.4, 0.5) is 0 Å². The summed E-state index contributed by atoms with van der Waals surface area (Å²) in [6, 6.07) is 15.7. The van der Waals surface area contributed by atoms with Crippen molar-refractivity contribution in [3.8, 4) is 11.5 Å². The van der Waals surface area contributed by atoms with Gasteiger partial charge in [0, 0.05) is 26.2 Å². The average Bonchev–Trinajstić information content (AvgIpc) is 3.59. The predicted octanol–water partition coefficient (Wildman–Crippen LogP) is 3.82. The molecule has 2 saturated heterocycles. The summed E-state index contributed by atoms with van der Waals surface area (Å²) in [6.07, 6.45) is 5.23. The smallest absolute Gasteiger partial charge is 0.233 e. The van der Waals surface area contributed by atoms with Gasteiger partial charge in [0.1, 0.15) is 11.5 Å². The Labute approximate surface area is 201 Å². The molecule has 1 saturated carbocycles. The first-order chi connectivity index (χ1) is 16.5. The molecule has 34 heavy (non-hydrogen) atoms. The number of carbonyl (C=O) groups is 2. The molecule has 2 aromatic rings. The number of likely N-dealkylation sites (tertiary alicyclic amines) is 2. The highest BCUT2D eigenvalue weighted by molar-refractivity contribution is 5.91. The number of hydrogen-bond donors (Lipinski definition) is 0. The normalized spacial score (nSPS) is 20.3. The molecule has 0 N–H and O–H groups in total. The van der Waals surface area contributed by atoms with E-state index < -0.39 is 0 Å². The first-order valence-electron chi connectivity index (χ1n) is 12.3. The summed E-state index contributed by atoms with van der Waals surface area (Å²) in [6.45, 7) is 3.19. The molecule has 1 spiro atoms. The van der Waals surface area contributed by atoms with Crippen molar-refractivity contribution in [3.05, 3.63) is 59.7 Å². The van der Waals surface area contributed by atoms with Gasteiger partial charge in [0.2, 0.25) is 11.8 Å². The van der Waals surface area contributed by atoms with Gasteiger partial charge in [-0.2, -0.15) is 0 Å². The van der Waals surface area contributed by atoms with E-state index >= 15 is 0 Å². The van der Waals surface area contributed by atoms with E-state index in [2.05, 4.69) is 4.90 Å². The number of nitrogens with zero attached hydrogens (tertiary/aromatic N) is 2. The first-order valence-corrected chi connectivity index (χ1v) is 12.3. The van der Waals surface area contributed by atoms with Crippen LogP contribution in [-0.2, 0) is 21.4 Å². The Kier molecular flexibility index (Phi) is 6.00. The first kappa shape index (κ1) is 22.8. The van der Waals surface area contributed by atoms with Crippen molar-refractivity contribution in [2.75, 3.05) is 40.4 Å². The van der Waals surface area contributed by atoms with Crippen molar-refractivity contribution < 1.29 is 19.1 Å². The monoisotopic (exact) mass is 462 g/mol. The summed E-state index contributed by atoms with van der Waals surface area (Å²) in [5, 5.41) is 0. The second-order valence-electron chi connectivity index (χ2n) is 10.2. The number of piperidine rings is 1. The molecule has 0 bridgehead atoms. The molecule has 3 fully saturated rings. The quantitative estimate of drug-likeness (QED) is 0.655. The fourth-order valence-corrected chi connectivity index (χ4v) is 5.78. The molecule has 6 heteroatoms. The van der Waals surface area contributed by atoms with Gasteiger partial charge in [-0.1, -0.05) is 24.3 Å². The molecule has 0 unspecified atom stereocenters. The number of carbonyl (C=O) groups excluding carboxylic acids is 2. The number of hydrogen-bond acceptors (Lipinski definition) is 4. The molecule has 0 aromatic heterocycles. The maximum Gasteiger partial charge on any atom is 0.233 e. The van der Waals surface area contributed by atoms with Crippen LogP contribution in [0.1, 0.15) is 43.2 Å². The molecular weight excluding hydrogens is 428 g/mol. The Morgan fingerprint density at radius 1 is 0.824 bits per heavy atom. The maximum absolute atomic E-state index is 13.6. The Balaban J connectivity index is 1.17. The van der Waals surface area contributed by atoms with Crippen LogP contribution in [0.15, 0.2) is 48.5 Å². The van der Waals surface area contributed by atoms with E-state index in [0.717, 1.165) is 80.9 Å². The molecule has 2 heterocycles. The minimum atomic E-state index is -0.342. The minimum Gasteiger partial charge on any atom is -0.497 e. The van der Waals surface area contributed by atoms with Crippen LogP contribution in [0.2, 0.25) is 0 Å². The van der Waals surface area contributed by atoms with Crippen LogP contribution < -0.4 is 9.47 Å². The van der Waals surface area contributed by atoms with Gasteiger partial charge in [-0.05, 0) is 72.9 Å². The molecule has 0 atom stereocenters. The largest absolute Gasteiger partial charge is 0.497 e. The van der Waals surface area contributed by atoms with Gasteiger partial charge in [0.05, 0.1) is 26.1 Å². The molecule has 1 aliphatic carbocycles. The lowest BCUT2D eigenvalue weighted by atomic mass is 9.77. The van der Waals surface area contributed by atoms with E-state index in [1.54, 1.807) is 14.2 Å². The van der Waals surface area contributed by atoms with Crippen LogP contribution in [-0.4, -0.2) is 62.0 Å². The Morgan fingerprint density at radius 3 is 2.09 bits per heavy atom. The molecule has 2 aliphatic heterocycles. The zero-order valence-corrected chi connectivity index (χ0v) is 20.2. The lowest BCUT2D eigenvalue weighted by Gasteiger charge is -2.39. The summed E-state index contributed by atoms with van der Waals surface area (Å²) in [5.41, 5.74) is 1.90. The minimum absolute atomic E-state index is 0.151. The number of amides is 2. The molecule has 0 radical (unpaired) electrons. The van der Waals surface area contributed by atoms with Gasteiger partial charge in [-0.15, -0.1) is 0 Å². The average molecular weight is 463 g/mol. The van der Waals surface area contributed by atoms with E-state index in [1.165, 1.54) is 0 Å². The van der Waals surface area contributed by atoms with Gasteiger partial charge in [0.15, 0.2) is 0 Å². The van der Waals surface area contributed by atoms with E-state index in [0.29, 0.717) is 6.42 Å². The predicted molar refractivity (Wildman–Crippen MR) is 130 cm³/mol. The van der Waals surface area contributed by atoms with Gasteiger partial charge in [0.25, 0.3) is 0 Å². The van der Waals surface area contributed by atoms with Gasteiger partial charge in [-0.25, -0.2) is 0 Å². The third kappa shape index (κ3) is 4.26. The highest BCUT2D eigenvalue weighted by Gasteiger charge is 2.55. The molecule has 180 valence electrons. The van der Waals surface area contributed by atoms with Crippen molar-refractivity contribution >= 4 is 11.8 Å². The van der Waals surface area contributed by atoms with Crippen molar-refractivity contribution in [2.45, 2.75) is 43.9 Å². The van der Waals surface area contributed by atoms with E-state index in [-0.39, 0.29) is 22.6 Å². The number of ether oxygens (including phenoxy) is 2. The summed E-state index contributed by atoms with van der Waals surface area (Å²) in [4.78, 5) is 30.6. The Morgan fingerprint density at radius 2 is 1.47 bits per heavy atom. The van der Waals surface area contributed by atoms with Crippen molar-refractivity contribution in [1.82, 2.24) is 9.80 Å². The third-order valence-corrected chi connectivity index (χ3v) is 8.19. The Bertz CT molecular complexity index is 1050. The third-order valence-electron chi connectivity index (χ3n) is 8.19. The van der Waals surface area contributed by atoms with E-state index in [1.807, 2.05) is 53.4 Å². The fourth-order valence-electron chi connectivity index (χ4n) is 5.78. The molecule has 6 nitrogen and oxygen atoms in total. The van der Waals surface area contributed by atoms with Crippen molar-refractivity contribution in [3.63, 3.8) is 0 Å². The fraction of sp³-hybridized carbons (Fsp3) is 0.500. The van der Waals surface area contributed by atoms with Crippen molar-refractivity contribution in [1.29, 1.82) is 0 Å². The van der Waals surface area contributed by atoms with E-state index in [9.17, 15) is 9.59 Å². The van der Waals surface area contributed by atoms with Gasteiger partial charge >= 0.3 is 0 Å². The molecule has 2 amide bonds. The zero-order chi connectivity index (χ0) is 23.8. The molecule has 5 rings (SSSR count). The second kappa shape index (κ2) is 8.97. The molecule has 2 aromatic carbocycles. The SMILES string of the molecule is COc1ccc(C2(C(=O)N3CCC4(CCN(C(=O)Cc5cccc(OC)c5)CC4)C3)CC2)cc1. The summed E-state index contributed by atoms with van der Waals surface area (Å²) >= 11 is 0. The summed E-state index contributed by atoms with van der Waals surface area (Å²) < 4.78 is 10.6. The second-order valence-corrected chi connectivity index (χ2v) is 10.2. The van der Waals surface area contributed by atoms with Crippen LogP contribution in [0.3, 0.4) is 0 Å². The van der Waals surface area contributed by atoms with Crippen molar-refractivity contribution in [2.24, 2.45) is 5.41 Å². The lowest BCUT2D eigenvalue weighted by Crippen LogP contribution is -2.46.